The molecule has 0 saturated heterocycles. The van der Waals surface area contributed by atoms with Crippen LogP contribution in [0.5, 0.6) is 0 Å². The van der Waals surface area contributed by atoms with E-state index in [1.165, 1.54) is 0 Å². The fourth-order valence-electron chi connectivity index (χ4n) is 1.64. The van der Waals surface area contributed by atoms with Gasteiger partial charge in [-0.2, -0.15) is 0 Å². The molecule has 0 radical (unpaired) electrons. The SMILES string of the molecule is COC(C)(C)CCC(Cc1ccccn1)NN. The Morgan fingerprint density at radius 2 is 2.24 bits per heavy atom. The van der Waals surface area contributed by atoms with E-state index in [4.69, 9.17) is 10.6 Å². The Kier molecular flexibility index (Phi) is 5.55. The summed E-state index contributed by atoms with van der Waals surface area (Å²) in [4.78, 5) is 4.30. The molecule has 0 spiro atoms. The molecule has 0 aromatic carbocycles. The van der Waals surface area contributed by atoms with Gasteiger partial charge < -0.3 is 4.74 Å². The summed E-state index contributed by atoms with van der Waals surface area (Å²) < 4.78 is 5.40. The topological polar surface area (TPSA) is 60.2 Å². The quantitative estimate of drug-likeness (QED) is 0.559. The first-order chi connectivity index (χ1) is 8.07. The molecule has 17 heavy (non-hydrogen) atoms. The summed E-state index contributed by atoms with van der Waals surface area (Å²) in [5, 5.41) is 0. The second-order valence-corrected chi connectivity index (χ2v) is 4.89. The number of nitrogens with two attached hydrogens (primary N) is 1. The molecule has 1 aromatic heterocycles. The van der Waals surface area contributed by atoms with E-state index in [9.17, 15) is 0 Å². The van der Waals surface area contributed by atoms with Crippen molar-refractivity contribution in [1.82, 2.24) is 10.4 Å². The molecule has 0 aliphatic carbocycles. The average Bonchev–Trinajstić information content (AvgIpc) is 2.35. The zero-order valence-electron chi connectivity index (χ0n) is 10.9. The van der Waals surface area contributed by atoms with E-state index in [1.807, 2.05) is 24.4 Å². The first kappa shape index (κ1) is 14.1. The Labute approximate surface area is 104 Å². The van der Waals surface area contributed by atoms with Crippen molar-refractivity contribution in [3.63, 3.8) is 0 Å². The van der Waals surface area contributed by atoms with Crippen LogP contribution in [0.2, 0.25) is 0 Å². The van der Waals surface area contributed by atoms with Gasteiger partial charge in [-0.15, -0.1) is 0 Å². The maximum absolute atomic E-state index is 5.57. The molecule has 0 amide bonds. The molecule has 0 aliphatic heterocycles. The highest BCUT2D eigenvalue weighted by Gasteiger charge is 2.19. The van der Waals surface area contributed by atoms with Gasteiger partial charge in [0.05, 0.1) is 5.60 Å². The second kappa shape index (κ2) is 6.69. The maximum Gasteiger partial charge on any atom is 0.0623 e. The van der Waals surface area contributed by atoms with Crippen LogP contribution in [0.3, 0.4) is 0 Å². The van der Waals surface area contributed by atoms with Gasteiger partial charge in [0.1, 0.15) is 0 Å². The summed E-state index contributed by atoms with van der Waals surface area (Å²) in [6, 6.07) is 6.17. The number of hydrogen-bond donors (Lipinski definition) is 2. The van der Waals surface area contributed by atoms with Gasteiger partial charge in [0.15, 0.2) is 0 Å². The molecule has 1 unspecified atom stereocenters. The molecule has 1 atom stereocenters. The lowest BCUT2D eigenvalue weighted by molar-refractivity contribution is 0.0117. The standard InChI is InChI=1S/C13H23N3O/c1-13(2,17-3)8-7-12(16-14)10-11-6-4-5-9-15-11/h4-6,9,12,16H,7-8,10,14H2,1-3H3. The lowest BCUT2D eigenvalue weighted by atomic mass is 9.97. The van der Waals surface area contributed by atoms with Crippen LogP contribution in [0.25, 0.3) is 0 Å². The van der Waals surface area contributed by atoms with Crippen molar-refractivity contribution in [2.75, 3.05) is 7.11 Å². The summed E-state index contributed by atoms with van der Waals surface area (Å²) >= 11 is 0. The Morgan fingerprint density at radius 1 is 1.47 bits per heavy atom. The second-order valence-electron chi connectivity index (χ2n) is 4.89. The van der Waals surface area contributed by atoms with Gasteiger partial charge in [0.25, 0.3) is 0 Å². The third-order valence-corrected chi connectivity index (χ3v) is 3.06. The normalized spacial score (nSPS) is 13.6. The summed E-state index contributed by atoms with van der Waals surface area (Å²) in [6.45, 7) is 4.17. The zero-order valence-corrected chi connectivity index (χ0v) is 10.9. The third-order valence-electron chi connectivity index (χ3n) is 3.06. The van der Waals surface area contributed by atoms with E-state index in [0.717, 1.165) is 25.0 Å². The predicted octanol–water partition coefficient (Wildman–Crippen LogP) is 1.66. The number of pyridine rings is 1. The van der Waals surface area contributed by atoms with Crippen molar-refractivity contribution in [3.8, 4) is 0 Å². The fourth-order valence-corrected chi connectivity index (χ4v) is 1.64. The van der Waals surface area contributed by atoms with E-state index >= 15 is 0 Å². The highest BCUT2D eigenvalue weighted by molar-refractivity contribution is 5.05. The summed E-state index contributed by atoms with van der Waals surface area (Å²) in [5.74, 6) is 5.57. The van der Waals surface area contributed by atoms with Gasteiger partial charge >= 0.3 is 0 Å². The van der Waals surface area contributed by atoms with Gasteiger partial charge in [0.2, 0.25) is 0 Å². The van der Waals surface area contributed by atoms with Crippen molar-refractivity contribution in [3.05, 3.63) is 30.1 Å². The van der Waals surface area contributed by atoms with Crippen LogP contribution in [0.4, 0.5) is 0 Å². The molecule has 4 heteroatoms. The molecule has 3 N–H and O–H groups in total. The Balaban J connectivity index is 2.44. The number of nitrogens with one attached hydrogen (secondary N) is 1. The zero-order chi connectivity index (χ0) is 12.7. The van der Waals surface area contributed by atoms with Crippen LogP contribution in [-0.4, -0.2) is 23.7 Å². The molecular formula is C13H23N3O. The van der Waals surface area contributed by atoms with E-state index in [2.05, 4.69) is 24.3 Å². The van der Waals surface area contributed by atoms with Crippen LogP contribution in [0, 0.1) is 0 Å². The van der Waals surface area contributed by atoms with Crippen LogP contribution in [-0.2, 0) is 11.2 Å². The number of hydrogen-bond acceptors (Lipinski definition) is 4. The highest BCUT2D eigenvalue weighted by Crippen LogP contribution is 2.17. The number of aromatic nitrogens is 1. The molecular weight excluding hydrogens is 214 g/mol. The first-order valence-corrected chi connectivity index (χ1v) is 5.98. The predicted molar refractivity (Wildman–Crippen MR) is 69.4 cm³/mol. The van der Waals surface area contributed by atoms with Crippen LogP contribution < -0.4 is 11.3 Å². The molecule has 4 nitrogen and oxygen atoms in total. The largest absolute Gasteiger partial charge is 0.379 e. The van der Waals surface area contributed by atoms with E-state index < -0.39 is 0 Å². The Morgan fingerprint density at radius 3 is 2.76 bits per heavy atom. The van der Waals surface area contributed by atoms with Crippen molar-refractivity contribution in [1.29, 1.82) is 0 Å². The molecule has 0 saturated carbocycles. The molecule has 0 aliphatic rings. The summed E-state index contributed by atoms with van der Waals surface area (Å²) in [7, 11) is 1.74. The van der Waals surface area contributed by atoms with Crippen LogP contribution in [0.1, 0.15) is 32.4 Å². The lowest BCUT2D eigenvalue weighted by Crippen LogP contribution is -2.38. The van der Waals surface area contributed by atoms with Gasteiger partial charge in [-0.05, 0) is 38.8 Å². The summed E-state index contributed by atoms with van der Waals surface area (Å²) in [6.07, 6.45) is 4.58. The number of ether oxygens (including phenoxy) is 1. The summed E-state index contributed by atoms with van der Waals surface area (Å²) in [5.41, 5.74) is 3.81. The van der Waals surface area contributed by atoms with Crippen molar-refractivity contribution in [2.24, 2.45) is 5.84 Å². The molecule has 0 bridgehead atoms. The average molecular weight is 237 g/mol. The number of methoxy groups -OCH3 is 1. The van der Waals surface area contributed by atoms with Gasteiger partial charge in [-0.1, -0.05) is 6.07 Å². The maximum atomic E-state index is 5.57. The monoisotopic (exact) mass is 237 g/mol. The van der Waals surface area contributed by atoms with Crippen LogP contribution in [0.15, 0.2) is 24.4 Å². The molecule has 96 valence electrons. The highest BCUT2D eigenvalue weighted by atomic mass is 16.5. The molecule has 1 rings (SSSR count). The molecule has 1 aromatic rings. The van der Waals surface area contributed by atoms with Crippen LogP contribution >= 0.6 is 0 Å². The van der Waals surface area contributed by atoms with E-state index in [-0.39, 0.29) is 11.6 Å². The van der Waals surface area contributed by atoms with Gasteiger partial charge in [-0.3, -0.25) is 16.3 Å². The van der Waals surface area contributed by atoms with Crippen molar-refractivity contribution >= 4 is 0 Å². The number of nitrogens with zero attached hydrogens (tertiary/aromatic N) is 1. The minimum atomic E-state index is -0.0980. The Bertz CT molecular complexity index is 314. The minimum absolute atomic E-state index is 0.0980. The number of rotatable bonds is 7. The third kappa shape index (κ3) is 5.26. The van der Waals surface area contributed by atoms with Crippen molar-refractivity contribution < 1.29 is 4.74 Å². The fraction of sp³-hybridized carbons (Fsp3) is 0.615. The van der Waals surface area contributed by atoms with E-state index in [0.29, 0.717) is 0 Å². The van der Waals surface area contributed by atoms with Gasteiger partial charge in [0, 0.05) is 31.5 Å². The van der Waals surface area contributed by atoms with Gasteiger partial charge in [-0.25, -0.2) is 0 Å². The van der Waals surface area contributed by atoms with Crippen molar-refractivity contribution in [2.45, 2.75) is 44.8 Å². The first-order valence-electron chi connectivity index (χ1n) is 5.98. The lowest BCUT2D eigenvalue weighted by Gasteiger charge is -2.25. The molecule has 1 heterocycles. The van der Waals surface area contributed by atoms with E-state index in [1.54, 1.807) is 7.11 Å². The minimum Gasteiger partial charge on any atom is -0.379 e. The Hall–Kier alpha value is -0.970. The molecule has 0 fully saturated rings. The smallest absolute Gasteiger partial charge is 0.0623 e. The number of hydrazine groups is 1.